The third-order valence-corrected chi connectivity index (χ3v) is 3.54. The summed E-state index contributed by atoms with van der Waals surface area (Å²) in [6, 6.07) is 9.39. The highest BCUT2D eigenvalue weighted by atomic mass is 16.6. The highest BCUT2D eigenvalue weighted by Gasteiger charge is 2.13. The van der Waals surface area contributed by atoms with Crippen LogP contribution >= 0.6 is 0 Å². The van der Waals surface area contributed by atoms with Crippen LogP contribution in [0, 0.1) is 0 Å². The lowest BCUT2D eigenvalue weighted by atomic mass is 10.2. The number of hydrogen-bond donors (Lipinski definition) is 1. The summed E-state index contributed by atoms with van der Waals surface area (Å²) < 4.78 is 11.0. The summed E-state index contributed by atoms with van der Waals surface area (Å²) in [6.07, 6.45) is -0.458. The summed E-state index contributed by atoms with van der Waals surface area (Å²) in [4.78, 5) is 29.3. The molecular weight excluding hydrogens is 310 g/mol. The van der Waals surface area contributed by atoms with Crippen LogP contribution in [0.5, 0.6) is 5.75 Å². The van der Waals surface area contributed by atoms with Gasteiger partial charge >= 0.3 is 6.09 Å². The second-order valence-corrected chi connectivity index (χ2v) is 5.37. The number of nitrogens with one attached hydrogen (secondary N) is 1. The summed E-state index contributed by atoms with van der Waals surface area (Å²) >= 11 is 0. The van der Waals surface area contributed by atoms with Crippen LogP contribution in [0.15, 0.2) is 45.6 Å². The highest BCUT2D eigenvalue weighted by Crippen LogP contribution is 2.26. The Morgan fingerprint density at radius 3 is 2.92 bits per heavy atom. The van der Waals surface area contributed by atoms with Gasteiger partial charge in [0.2, 0.25) is 0 Å². The van der Waals surface area contributed by atoms with E-state index in [-0.39, 0.29) is 5.43 Å². The summed E-state index contributed by atoms with van der Waals surface area (Å²) in [6.45, 7) is 1.21. The van der Waals surface area contributed by atoms with Crippen molar-refractivity contribution < 1.29 is 13.9 Å². The number of rotatable bonds is 4. The second kappa shape index (κ2) is 6.67. The first-order chi connectivity index (χ1) is 11.6. The average molecular weight is 327 g/mol. The normalized spacial score (nSPS) is 10.9. The standard InChI is InChI=1S/C17H17N3O4/c1-18-7-8-20(2)17(22)23-12-4-6-14-16(10-12)24-15-9-11(21)3-5-13(15)19-14/h3-6,9-10,18H,7-8H2,1-2H3. The van der Waals surface area contributed by atoms with Crippen molar-refractivity contribution in [3.63, 3.8) is 0 Å². The number of benzene rings is 2. The van der Waals surface area contributed by atoms with E-state index in [0.717, 1.165) is 0 Å². The first-order valence-electron chi connectivity index (χ1n) is 7.49. The molecule has 2 aliphatic rings. The molecule has 0 radical (unpaired) electrons. The predicted octanol–water partition coefficient (Wildman–Crippen LogP) is 1.94. The number of hydrogen-bond acceptors (Lipinski definition) is 6. The van der Waals surface area contributed by atoms with Crippen LogP contribution < -0.4 is 15.5 Å². The first kappa shape index (κ1) is 15.9. The molecule has 0 atom stereocenters. The van der Waals surface area contributed by atoms with Crippen molar-refractivity contribution in [3.8, 4) is 17.2 Å². The molecule has 24 heavy (non-hydrogen) atoms. The van der Waals surface area contributed by atoms with Crippen molar-refractivity contribution in [1.29, 1.82) is 0 Å². The molecule has 0 spiro atoms. The second-order valence-electron chi connectivity index (χ2n) is 5.37. The van der Waals surface area contributed by atoms with Gasteiger partial charge in [-0.2, -0.15) is 0 Å². The number of carbonyl (C=O) groups is 1. The number of carbonyl (C=O) groups excluding carboxylic acids is 1. The molecule has 0 saturated carbocycles. The van der Waals surface area contributed by atoms with Gasteiger partial charge in [-0.25, -0.2) is 9.78 Å². The Labute approximate surface area is 138 Å². The van der Waals surface area contributed by atoms with Crippen molar-refractivity contribution >= 4 is 17.2 Å². The Bertz CT molecular complexity index is 906. The van der Waals surface area contributed by atoms with Crippen molar-refractivity contribution in [2.75, 3.05) is 27.2 Å². The van der Waals surface area contributed by atoms with Gasteiger partial charge in [0.1, 0.15) is 17.0 Å². The van der Waals surface area contributed by atoms with E-state index in [0.29, 0.717) is 41.4 Å². The lowest BCUT2D eigenvalue weighted by Gasteiger charge is -2.16. The molecule has 124 valence electrons. The van der Waals surface area contributed by atoms with Gasteiger partial charge in [-0.3, -0.25) is 4.79 Å². The molecule has 1 amide bonds. The highest BCUT2D eigenvalue weighted by molar-refractivity contribution is 5.79. The van der Waals surface area contributed by atoms with E-state index >= 15 is 0 Å². The Hall–Kier alpha value is -2.93. The Morgan fingerprint density at radius 2 is 2.12 bits per heavy atom. The summed E-state index contributed by atoms with van der Waals surface area (Å²) in [5, 5.41) is 2.96. The zero-order valence-electron chi connectivity index (χ0n) is 13.4. The summed E-state index contributed by atoms with van der Waals surface area (Å²) in [5.74, 6) is 0.747. The summed E-state index contributed by atoms with van der Waals surface area (Å²) in [7, 11) is 3.48. The van der Waals surface area contributed by atoms with Gasteiger partial charge in [0, 0.05) is 32.3 Å². The number of fused-ring (bicyclic) bond motifs is 2. The fourth-order valence-corrected chi connectivity index (χ4v) is 2.20. The first-order valence-corrected chi connectivity index (χ1v) is 7.49. The van der Waals surface area contributed by atoms with E-state index in [1.165, 1.54) is 17.0 Å². The number of nitrogens with zero attached hydrogens (tertiary/aromatic N) is 2. The molecule has 1 aliphatic heterocycles. The molecule has 1 N–H and O–H groups in total. The Kier molecular flexibility index (Phi) is 4.43. The van der Waals surface area contributed by atoms with Crippen LogP contribution in [0.25, 0.3) is 22.6 Å². The maximum absolute atomic E-state index is 12.0. The van der Waals surface area contributed by atoms with Crippen LogP contribution in [0.3, 0.4) is 0 Å². The van der Waals surface area contributed by atoms with Gasteiger partial charge in [-0.1, -0.05) is 0 Å². The van der Waals surface area contributed by atoms with Crippen LogP contribution in [-0.4, -0.2) is 43.2 Å². The fraction of sp³-hybridized carbons (Fsp3) is 0.235. The minimum atomic E-state index is -0.458. The smallest absolute Gasteiger partial charge is 0.415 e. The lowest BCUT2D eigenvalue weighted by Crippen LogP contribution is -2.34. The molecule has 7 heteroatoms. The van der Waals surface area contributed by atoms with Crippen LogP contribution in [-0.2, 0) is 0 Å². The number of likely N-dealkylation sites (N-methyl/N-ethyl adjacent to an activating group) is 2. The zero-order valence-corrected chi connectivity index (χ0v) is 13.4. The molecule has 0 aromatic heterocycles. The third-order valence-electron chi connectivity index (χ3n) is 3.54. The SMILES string of the molecule is CNCCN(C)C(=O)Oc1ccc2nc3ccc(=O)cc-3oc2c1. The van der Waals surface area contributed by atoms with E-state index in [1.54, 1.807) is 31.3 Å². The van der Waals surface area contributed by atoms with Gasteiger partial charge in [-0.15, -0.1) is 0 Å². The molecule has 0 bridgehead atoms. The van der Waals surface area contributed by atoms with Crippen LogP contribution in [0.4, 0.5) is 4.79 Å². The topological polar surface area (TPSA) is 84.7 Å². The van der Waals surface area contributed by atoms with Gasteiger partial charge in [0.05, 0.1) is 0 Å². The Morgan fingerprint density at radius 1 is 1.29 bits per heavy atom. The van der Waals surface area contributed by atoms with Crippen LogP contribution in [0.1, 0.15) is 0 Å². The number of ether oxygens (including phenoxy) is 1. The fourth-order valence-electron chi connectivity index (χ4n) is 2.20. The number of amides is 1. The largest absolute Gasteiger partial charge is 0.453 e. The number of aromatic nitrogens is 1. The van der Waals surface area contributed by atoms with Gasteiger partial charge in [0.15, 0.2) is 16.8 Å². The van der Waals surface area contributed by atoms with Gasteiger partial charge in [-0.05, 0) is 31.3 Å². The average Bonchev–Trinajstić information content (AvgIpc) is 2.57. The van der Waals surface area contributed by atoms with Crippen LogP contribution in [0.2, 0.25) is 0 Å². The van der Waals surface area contributed by atoms with E-state index in [2.05, 4.69) is 10.3 Å². The van der Waals surface area contributed by atoms with Crippen molar-refractivity contribution in [3.05, 3.63) is 46.6 Å². The van der Waals surface area contributed by atoms with Crippen molar-refractivity contribution in [1.82, 2.24) is 15.2 Å². The molecule has 3 rings (SSSR count). The lowest BCUT2D eigenvalue weighted by molar-refractivity contribution is 0.163. The molecule has 0 saturated heterocycles. The van der Waals surface area contributed by atoms with Crippen molar-refractivity contribution in [2.24, 2.45) is 0 Å². The van der Waals surface area contributed by atoms with E-state index < -0.39 is 6.09 Å². The molecule has 1 aromatic rings. The quantitative estimate of drug-likeness (QED) is 0.737. The van der Waals surface area contributed by atoms with Crippen molar-refractivity contribution in [2.45, 2.75) is 0 Å². The minimum Gasteiger partial charge on any atom is -0.453 e. The molecule has 1 aromatic carbocycles. The maximum atomic E-state index is 12.0. The van der Waals surface area contributed by atoms with Gasteiger partial charge < -0.3 is 19.4 Å². The monoisotopic (exact) mass is 327 g/mol. The minimum absolute atomic E-state index is 0.152. The van der Waals surface area contributed by atoms with E-state index in [9.17, 15) is 9.59 Å². The molecule has 1 aliphatic carbocycles. The van der Waals surface area contributed by atoms with E-state index in [1.807, 2.05) is 7.05 Å². The maximum Gasteiger partial charge on any atom is 0.415 e. The molecule has 0 unspecified atom stereocenters. The van der Waals surface area contributed by atoms with Gasteiger partial charge in [0.25, 0.3) is 0 Å². The third kappa shape index (κ3) is 3.36. The Balaban J connectivity index is 1.88. The summed E-state index contributed by atoms with van der Waals surface area (Å²) in [5.41, 5.74) is 1.50. The molecular formula is C17H17N3O4. The molecule has 0 fully saturated rings. The zero-order chi connectivity index (χ0) is 17.1. The predicted molar refractivity (Wildman–Crippen MR) is 89.5 cm³/mol. The van der Waals surface area contributed by atoms with E-state index in [4.69, 9.17) is 9.15 Å². The molecule has 7 nitrogen and oxygen atoms in total. The molecule has 1 heterocycles.